The number of halogens is 3. The largest absolute Gasteiger partial charge is 0.480 e. The normalized spacial score (nSPS) is 10.5. The predicted molar refractivity (Wildman–Crippen MR) is 91.9 cm³/mol. The van der Waals surface area contributed by atoms with Crippen LogP contribution in [-0.4, -0.2) is 24.7 Å². The minimum atomic E-state index is -4.51. The molecule has 1 amide bonds. The van der Waals surface area contributed by atoms with Crippen LogP contribution in [0.5, 0.6) is 5.88 Å². The van der Waals surface area contributed by atoms with E-state index in [1.165, 1.54) is 7.11 Å². The molecule has 1 aromatic carbocycles. The molecule has 0 unspecified atom stereocenters. The number of benzene rings is 1. The lowest BCUT2D eigenvalue weighted by Gasteiger charge is -2.08. The molecule has 27 heavy (non-hydrogen) atoms. The Kier molecular flexibility index (Phi) is 7.06. The first-order valence-electron chi connectivity index (χ1n) is 7.95. The van der Waals surface area contributed by atoms with Crippen molar-refractivity contribution in [3.63, 3.8) is 0 Å². The highest BCUT2D eigenvalue weighted by atomic mass is 19.4. The van der Waals surface area contributed by atoms with Crippen LogP contribution in [0.3, 0.4) is 0 Å². The average Bonchev–Trinajstić information content (AvgIpc) is 2.66. The van der Waals surface area contributed by atoms with Gasteiger partial charge < -0.3 is 14.8 Å². The molecule has 0 radical (unpaired) electrons. The van der Waals surface area contributed by atoms with Gasteiger partial charge in [0, 0.05) is 19.2 Å². The van der Waals surface area contributed by atoms with Crippen molar-refractivity contribution in [3.8, 4) is 17.7 Å². The second kappa shape index (κ2) is 9.48. The Morgan fingerprint density at radius 2 is 2.00 bits per heavy atom. The number of carbonyl (C=O) groups excluding carboxylic acids is 1. The molecule has 0 fully saturated rings. The molecule has 0 bridgehead atoms. The monoisotopic (exact) mass is 378 g/mol. The van der Waals surface area contributed by atoms with Gasteiger partial charge in [-0.25, -0.2) is 9.78 Å². The summed E-state index contributed by atoms with van der Waals surface area (Å²) in [5.41, 5.74) is -0.0224. The van der Waals surface area contributed by atoms with E-state index < -0.39 is 17.8 Å². The van der Waals surface area contributed by atoms with Gasteiger partial charge in [-0.15, -0.1) is 0 Å². The molecular formula is C19H17F3N2O3. The zero-order valence-electron chi connectivity index (χ0n) is 14.5. The third-order valence-electron chi connectivity index (χ3n) is 3.33. The van der Waals surface area contributed by atoms with Gasteiger partial charge >= 0.3 is 12.3 Å². The van der Waals surface area contributed by atoms with Gasteiger partial charge in [0.05, 0.1) is 18.2 Å². The first kappa shape index (κ1) is 20.1. The number of amides is 1. The first-order valence-corrected chi connectivity index (χ1v) is 7.95. The Balaban J connectivity index is 1.83. The van der Waals surface area contributed by atoms with Crippen LogP contribution in [0, 0.1) is 11.8 Å². The molecule has 2 rings (SSSR count). The molecule has 0 aliphatic rings. The quantitative estimate of drug-likeness (QED) is 0.636. The second-order valence-electron chi connectivity index (χ2n) is 5.32. The number of rotatable bonds is 5. The molecule has 1 heterocycles. The van der Waals surface area contributed by atoms with Gasteiger partial charge in [0.2, 0.25) is 5.88 Å². The molecule has 1 N–H and O–H groups in total. The van der Waals surface area contributed by atoms with E-state index in [1.54, 1.807) is 0 Å². The van der Waals surface area contributed by atoms with Crippen LogP contribution in [-0.2, 0) is 17.5 Å². The average molecular weight is 378 g/mol. The van der Waals surface area contributed by atoms with Crippen LogP contribution in [0.4, 0.5) is 18.0 Å². The maximum atomic E-state index is 12.7. The minimum absolute atomic E-state index is 0.00531. The third-order valence-corrected chi connectivity index (χ3v) is 3.33. The van der Waals surface area contributed by atoms with Crippen LogP contribution in [0.25, 0.3) is 0 Å². The van der Waals surface area contributed by atoms with E-state index in [0.29, 0.717) is 6.20 Å². The Morgan fingerprint density at radius 1 is 1.26 bits per heavy atom. The number of alkyl carbamates (subject to hydrolysis) is 1. The Bertz CT molecular complexity index is 828. The van der Waals surface area contributed by atoms with Crippen LogP contribution < -0.4 is 10.1 Å². The Hall–Kier alpha value is -3.21. The molecule has 5 nitrogen and oxygen atoms in total. The van der Waals surface area contributed by atoms with Gasteiger partial charge in [-0.3, -0.25) is 0 Å². The number of nitrogens with one attached hydrogen (secondary N) is 1. The van der Waals surface area contributed by atoms with Gasteiger partial charge in [0.1, 0.15) is 6.61 Å². The molecule has 1 aromatic heterocycles. The van der Waals surface area contributed by atoms with E-state index in [1.807, 2.05) is 30.3 Å². The van der Waals surface area contributed by atoms with Crippen molar-refractivity contribution < 1.29 is 27.4 Å². The number of nitrogens with zero attached hydrogens (tertiary/aromatic N) is 1. The van der Waals surface area contributed by atoms with Crippen LogP contribution in [0.15, 0.2) is 42.6 Å². The Morgan fingerprint density at radius 3 is 2.67 bits per heavy atom. The summed E-state index contributed by atoms with van der Waals surface area (Å²) in [7, 11) is 1.30. The molecule has 0 aliphatic heterocycles. The summed E-state index contributed by atoms with van der Waals surface area (Å²) in [5.74, 6) is 5.26. The number of carbonyl (C=O) groups is 1. The molecule has 0 saturated carbocycles. The molecule has 2 aromatic rings. The van der Waals surface area contributed by atoms with E-state index in [0.717, 1.165) is 11.6 Å². The van der Waals surface area contributed by atoms with Crippen molar-refractivity contribution in [2.45, 2.75) is 19.2 Å². The summed E-state index contributed by atoms with van der Waals surface area (Å²) in [6.07, 6.45) is -4.20. The fourth-order valence-corrected chi connectivity index (χ4v) is 2.02. The summed E-state index contributed by atoms with van der Waals surface area (Å²) >= 11 is 0. The van der Waals surface area contributed by atoms with Crippen molar-refractivity contribution in [1.29, 1.82) is 0 Å². The molecule has 0 atom stereocenters. The van der Waals surface area contributed by atoms with Crippen molar-refractivity contribution in [2.75, 3.05) is 13.7 Å². The minimum Gasteiger partial charge on any atom is -0.480 e. The van der Waals surface area contributed by atoms with E-state index >= 15 is 0 Å². The number of alkyl halides is 3. The molecule has 0 aliphatic carbocycles. The SMILES string of the molecule is COc1ncc(C(F)(F)F)cc1C#CCCNC(=O)OCc1ccccc1. The topological polar surface area (TPSA) is 60.5 Å². The second-order valence-corrected chi connectivity index (χ2v) is 5.32. The van der Waals surface area contributed by atoms with E-state index in [4.69, 9.17) is 9.47 Å². The van der Waals surface area contributed by atoms with E-state index in [9.17, 15) is 18.0 Å². The van der Waals surface area contributed by atoms with Crippen LogP contribution >= 0.6 is 0 Å². The summed E-state index contributed by atoms with van der Waals surface area (Å²) in [5, 5.41) is 2.51. The smallest absolute Gasteiger partial charge is 0.417 e. The lowest BCUT2D eigenvalue weighted by molar-refractivity contribution is -0.137. The zero-order valence-corrected chi connectivity index (χ0v) is 14.5. The molecule has 142 valence electrons. The number of ether oxygens (including phenoxy) is 2. The molecule has 0 spiro atoms. The van der Waals surface area contributed by atoms with Crippen molar-refractivity contribution in [1.82, 2.24) is 10.3 Å². The third kappa shape index (κ3) is 6.55. The highest BCUT2D eigenvalue weighted by Gasteiger charge is 2.31. The maximum absolute atomic E-state index is 12.7. The van der Waals surface area contributed by atoms with E-state index in [-0.39, 0.29) is 31.0 Å². The zero-order chi connectivity index (χ0) is 19.7. The fourth-order valence-electron chi connectivity index (χ4n) is 2.02. The van der Waals surface area contributed by atoms with Crippen molar-refractivity contribution in [2.24, 2.45) is 0 Å². The lowest BCUT2D eigenvalue weighted by Crippen LogP contribution is -2.24. The van der Waals surface area contributed by atoms with Crippen LogP contribution in [0.1, 0.15) is 23.1 Å². The summed E-state index contributed by atoms with van der Waals surface area (Å²) in [6.45, 7) is 0.334. The van der Waals surface area contributed by atoms with Gasteiger partial charge in [-0.2, -0.15) is 13.2 Å². The van der Waals surface area contributed by atoms with Crippen molar-refractivity contribution >= 4 is 6.09 Å². The Labute approximate surface area is 154 Å². The summed E-state index contributed by atoms with van der Waals surface area (Å²) < 4.78 is 48.2. The predicted octanol–water partition coefficient (Wildman–Crippen LogP) is 3.78. The number of hydrogen-bond acceptors (Lipinski definition) is 4. The maximum Gasteiger partial charge on any atom is 0.417 e. The molecule has 0 saturated heterocycles. The number of pyridine rings is 1. The highest BCUT2D eigenvalue weighted by molar-refractivity contribution is 5.67. The standard InChI is InChI=1S/C19H17F3N2O3/c1-26-17-15(11-16(12-24-17)19(20,21)22)9-5-6-10-23-18(25)27-13-14-7-3-2-4-8-14/h2-4,7-8,11-12H,6,10,13H2,1H3,(H,23,25). The lowest BCUT2D eigenvalue weighted by atomic mass is 10.2. The fraction of sp³-hybridized carbons (Fsp3) is 0.263. The van der Waals surface area contributed by atoms with Crippen molar-refractivity contribution in [3.05, 3.63) is 59.3 Å². The summed E-state index contributed by atoms with van der Waals surface area (Å²) in [6, 6.07) is 10.1. The number of hydrogen-bond donors (Lipinski definition) is 1. The van der Waals surface area contributed by atoms with Gasteiger partial charge in [-0.05, 0) is 11.6 Å². The van der Waals surface area contributed by atoms with Gasteiger partial charge in [0.15, 0.2) is 0 Å². The van der Waals surface area contributed by atoms with Gasteiger partial charge in [-0.1, -0.05) is 42.2 Å². The number of methoxy groups -OCH3 is 1. The summed E-state index contributed by atoms with van der Waals surface area (Å²) in [4.78, 5) is 15.2. The highest BCUT2D eigenvalue weighted by Crippen LogP contribution is 2.30. The van der Waals surface area contributed by atoms with Gasteiger partial charge in [0.25, 0.3) is 0 Å². The molecule has 8 heteroatoms. The van der Waals surface area contributed by atoms with E-state index in [2.05, 4.69) is 22.1 Å². The molecular weight excluding hydrogens is 361 g/mol. The first-order chi connectivity index (χ1) is 12.9. The van der Waals surface area contributed by atoms with Crippen LogP contribution in [0.2, 0.25) is 0 Å². The number of aromatic nitrogens is 1.